The van der Waals surface area contributed by atoms with Crippen molar-refractivity contribution >= 4 is 11.8 Å². The Hall–Kier alpha value is -2.40. The standard InChI is InChI=1S/C14H13FN2O2/c15-12-7-4-8-13(11(12)9-16)17-14(18)19-10-5-2-1-3-6-10/h1-8H,9,16H2,(H,17,18). The van der Waals surface area contributed by atoms with E-state index in [-0.39, 0.29) is 12.1 Å². The summed E-state index contributed by atoms with van der Waals surface area (Å²) in [6.07, 6.45) is -0.688. The van der Waals surface area contributed by atoms with Crippen molar-refractivity contribution in [1.29, 1.82) is 0 Å². The van der Waals surface area contributed by atoms with E-state index in [4.69, 9.17) is 10.5 Å². The van der Waals surface area contributed by atoms with Crippen LogP contribution in [-0.2, 0) is 6.54 Å². The maximum absolute atomic E-state index is 13.5. The normalized spacial score (nSPS) is 10.0. The monoisotopic (exact) mass is 260 g/mol. The molecule has 19 heavy (non-hydrogen) atoms. The molecule has 0 unspecified atom stereocenters. The molecule has 3 N–H and O–H groups in total. The number of halogens is 1. The molecular weight excluding hydrogens is 247 g/mol. The molecule has 2 aromatic carbocycles. The van der Waals surface area contributed by atoms with Crippen LogP contribution in [0.5, 0.6) is 5.75 Å². The van der Waals surface area contributed by atoms with Gasteiger partial charge in [0.15, 0.2) is 0 Å². The first-order valence-electron chi connectivity index (χ1n) is 5.72. The highest BCUT2D eigenvalue weighted by molar-refractivity contribution is 5.87. The molecule has 0 aliphatic rings. The summed E-state index contributed by atoms with van der Waals surface area (Å²) in [5.41, 5.74) is 6.00. The van der Waals surface area contributed by atoms with Crippen LogP contribution in [0.4, 0.5) is 14.9 Å². The molecule has 0 radical (unpaired) electrons. The molecule has 0 aliphatic carbocycles. The highest BCUT2D eigenvalue weighted by Gasteiger charge is 2.10. The summed E-state index contributed by atoms with van der Waals surface area (Å²) in [6, 6.07) is 12.9. The van der Waals surface area contributed by atoms with E-state index in [0.29, 0.717) is 11.4 Å². The van der Waals surface area contributed by atoms with E-state index in [0.717, 1.165) is 0 Å². The first-order valence-corrected chi connectivity index (χ1v) is 5.72. The SMILES string of the molecule is NCc1c(F)cccc1NC(=O)Oc1ccccc1. The lowest BCUT2D eigenvalue weighted by Crippen LogP contribution is -2.18. The zero-order chi connectivity index (χ0) is 13.7. The molecular formula is C14H13FN2O2. The third kappa shape index (κ3) is 3.29. The fourth-order valence-electron chi connectivity index (χ4n) is 1.61. The van der Waals surface area contributed by atoms with Crippen molar-refractivity contribution < 1.29 is 13.9 Å². The molecule has 2 aromatic rings. The fourth-order valence-corrected chi connectivity index (χ4v) is 1.61. The number of nitrogens with one attached hydrogen (secondary N) is 1. The van der Waals surface area contributed by atoms with E-state index in [1.165, 1.54) is 12.1 Å². The van der Waals surface area contributed by atoms with Gasteiger partial charge in [0.2, 0.25) is 0 Å². The first-order chi connectivity index (χ1) is 9.20. The number of hydrogen-bond donors (Lipinski definition) is 2. The highest BCUT2D eigenvalue weighted by atomic mass is 19.1. The van der Waals surface area contributed by atoms with Crippen molar-refractivity contribution in [3.63, 3.8) is 0 Å². The number of hydrogen-bond acceptors (Lipinski definition) is 3. The number of ether oxygens (including phenoxy) is 1. The molecule has 0 aromatic heterocycles. The number of rotatable bonds is 3. The van der Waals surface area contributed by atoms with Gasteiger partial charge in [-0.15, -0.1) is 0 Å². The van der Waals surface area contributed by atoms with Gasteiger partial charge in [-0.25, -0.2) is 9.18 Å². The average Bonchev–Trinajstić information content (AvgIpc) is 2.40. The van der Waals surface area contributed by atoms with Gasteiger partial charge in [-0.3, -0.25) is 5.32 Å². The topological polar surface area (TPSA) is 64.3 Å². The lowest BCUT2D eigenvalue weighted by molar-refractivity contribution is 0.215. The van der Waals surface area contributed by atoms with Crippen LogP contribution in [0.3, 0.4) is 0 Å². The fraction of sp³-hybridized carbons (Fsp3) is 0.0714. The predicted molar refractivity (Wildman–Crippen MR) is 70.4 cm³/mol. The summed E-state index contributed by atoms with van der Waals surface area (Å²) in [4.78, 5) is 11.7. The molecule has 0 saturated heterocycles. The van der Waals surface area contributed by atoms with Gasteiger partial charge in [-0.2, -0.15) is 0 Å². The van der Waals surface area contributed by atoms with E-state index < -0.39 is 11.9 Å². The number of carbonyl (C=O) groups excluding carboxylic acids is 1. The average molecular weight is 260 g/mol. The molecule has 0 atom stereocenters. The van der Waals surface area contributed by atoms with Crippen LogP contribution in [-0.4, -0.2) is 6.09 Å². The molecule has 0 saturated carbocycles. The second-order valence-corrected chi connectivity index (χ2v) is 3.80. The molecule has 1 amide bonds. The van der Waals surface area contributed by atoms with Crippen LogP contribution >= 0.6 is 0 Å². The molecule has 0 aliphatic heterocycles. The molecule has 0 spiro atoms. The van der Waals surface area contributed by atoms with E-state index in [1.807, 2.05) is 6.07 Å². The Bertz CT molecular complexity index is 573. The predicted octanol–water partition coefficient (Wildman–Crippen LogP) is 2.90. The first kappa shape index (κ1) is 13.0. The minimum atomic E-state index is -0.688. The van der Waals surface area contributed by atoms with Crippen molar-refractivity contribution in [3.05, 3.63) is 59.9 Å². The van der Waals surface area contributed by atoms with Gasteiger partial charge in [0.1, 0.15) is 11.6 Å². The lowest BCUT2D eigenvalue weighted by atomic mass is 10.1. The van der Waals surface area contributed by atoms with Crippen LogP contribution in [0.15, 0.2) is 48.5 Å². The summed E-state index contributed by atoms with van der Waals surface area (Å²) < 4.78 is 18.5. The molecule has 2 rings (SSSR count). The zero-order valence-corrected chi connectivity index (χ0v) is 10.1. The van der Waals surface area contributed by atoms with Gasteiger partial charge in [0.05, 0.1) is 5.69 Å². The third-order valence-electron chi connectivity index (χ3n) is 2.51. The maximum atomic E-state index is 13.5. The van der Waals surface area contributed by atoms with Crippen LogP contribution < -0.4 is 15.8 Å². The number of nitrogens with two attached hydrogens (primary N) is 1. The van der Waals surface area contributed by atoms with Gasteiger partial charge in [-0.1, -0.05) is 24.3 Å². The Morgan fingerprint density at radius 2 is 1.89 bits per heavy atom. The van der Waals surface area contributed by atoms with Crippen molar-refractivity contribution in [3.8, 4) is 5.75 Å². The second kappa shape index (κ2) is 5.97. The Morgan fingerprint density at radius 1 is 1.16 bits per heavy atom. The number of benzene rings is 2. The van der Waals surface area contributed by atoms with E-state index in [2.05, 4.69) is 5.32 Å². The Morgan fingerprint density at radius 3 is 2.58 bits per heavy atom. The maximum Gasteiger partial charge on any atom is 0.417 e. The quantitative estimate of drug-likeness (QED) is 0.891. The Kier molecular flexibility index (Phi) is 4.10. The van der Waals surface area contributed by atoms with E-state index >= 15 is 0 Å². The van der Waals surface area contributed by atoms with E-state index in [1.54, 1.807) is 30.3 Å². The van der Waals surface area contributed by atoms with Gasteiger partial charge in [0, 0.05) is 12.1 Å². The Balaban J connectivity index is 2.09. The number of amides is 1. The number of anilines is 1. The largest absolute Gasteiger partial charge is 0.417 e. The number of para-hydroxylation sites is 1. The molecule has 0 fully saturated rings. The molecule has 5 heteroatoms. The van der Waals surface area contributed by atoms with Gasteiger partial charge in [-0.05, 0) is 24.3 Å². The zero-order valence-electron chi connectivity index (χ0n) is 10.1. The summed E-state index contributed by atoms with van der Waals surface area (Å²) in [5, 5.41) is 2.47. The van der Waals surface area contributed by atoms with Crippen LogP contribution in [0, 0.1) is 5.82 Å². The van der Waals surface area contributed by atoms with Crippen LogP contribution in [0.1, 0.15) is 5.56 Å². The molecule has 0 bridgehead atoms. The van der Waals surface area contributed by atoms with E-state index in [9.17, 15) is 9.18 Å². The third-order valence-corrected chi connectivity index (χ3v) is 2.51. The summed E-state index contributed by atoms with van der Waals surface area (Å²) >= 11 is 0. The van der Waals surface area contributed by atoms with Crippen molar-refractivity contribution in [2.45, 2.75) is 6.54 Å². The molecule has 0 heterocycles. The molecule has 98 valence electrons. The van der Waals surface area contributed by atoms with Crippen LogP contribution in [0.25, 0.3) is 0 Å². The van der Waals surface area contributed by atoms with Gasteiger partial charge in [0.25, 0.3) is 0 Å². The summed E-state index contributed by atoms with van der Waals surface area (Å²) in [5.74, 6) is -0.0503. The minimum Gasteiger partial charge on any atom is -0.410 e. The van der Waals surface area contributed by atoms with Gasteiger partial charge < -0.3 is 10.5 Å². The Labute approximate surface area is 110 Å². The molecule has 4 nitrogen and oxygen atoms in total. The van der Waals surface area contributed by atoms with Crippen molar-refractivity contribution in [2.75, 3.05) is 5.32 Å². The smallest absolute Gasteiger partial charge is 0.410 e. The minimum absolute atomic E-state index is 0.00633. The second-order valence-electron chi connectivity index (χ2n) is 3.80. The highest BCUT2D eigenvalue weighted by Crippen LogP contribution is 2.19. The summed E-state index contributed by atoms with van der Waals surface area (Å²) in [7, 11) is 0. The lowest BCUT2D eigenvalue weighted by Gasteiger charge is -2.10. The van der Waals surface area contributed by atoms with Crippen molar-refractivity contribution in [1.82, 2.24) is 0 Å². The van der Waals surface area contributed by atoms with Gasteiger partial charge >= 0.3 is 6.09 Å². The van der Waals surface area contributed by atoms with Crippen LogP contribution in [0.2, 0.25) is 0 Å². The number of carbonyl (C=O) groups is 1. The van der Waals surface area contributed by atoms with Crippen molar-refractivity contribution in [2.24, 2.45) is 5.73 Å². The summed E-state index contributed by atoms with van der Waals surface area (Å²) in [6.45, 7) is -0.00633.